The van der Waals surface area contributed by atoms with Crippen molar-refractivity contribution in [2.45, 2.75) is 6.54 Å². The number of carbonyl (C=O) groups excluding carboxylic acids is 2. The normalized spacial score (nSPS) is 10.0. The van der Waals surface area contributed by atoms with Crippen molar-refractivity contribution < 1.29 is 9.59 Å². The smallest absolute Gasteiger partial charge is 0.313 e. The van der Waals surface area contributed by atoms with Crippen molar-refractivity contribution in [2.75, 3.05) is 24.3 Å². The summed E-state index contributed by atoms with van der Waals surface area (Å²) >= 11 is 5.79. The Balaban J connectivity index is 1.87. The van der Waals surface area contributed by atoms with Crippen LogP contribution in [0.2, 0.25) is 5.02 Å². The number of rotatable bonds is 4. The zero-order valence-corrected chi connectivity index (χ0v) is 13.7. The number of anilines is 2. The summed E-state index contributed by atoms with van der Waals surface area (Å²) in [6.07, 6.45) is 0. The van der Waals surface area contributed by atoms with Crippen LogP contribution in [0.5, 0.6) is 0 Å². The van der Waals surface area contributed by atoms with Gasteiger partial charge in [-0.2, -0.15) is 0 Å². The summed E-state index contributed by atoms with van der Waals surface area (Å²) in [6.45, 7) is 0.267. The fourth-order valence-corrected chi connectivity index (χ4v) is 2.02. The van der Waals surface area contributed by atoms with Crippen LogP contribution in [-0.4, -0.2) is 25.9 Å². The molecular formula is C17H18ClN3O2. The zero-order chi connectivity index (χ0) is 16.8. The molecule has 2 N–H and O–H groups in total. The molecule has 0 aliphatic rings. The second-order valence-corrected chi connectivity index (χ2v) is 5.64. The van der Waals surface area contributed by atoms with Crippen molar-refractivity contribution >= 4 is 34.8 Å². The summed E-state index contributed by atoms with van der Waals surface area (Å²) in [6, 6.07) is 14.3. The average Bonchev–Trinajstić information content (AvgIpc) is 2.54. The molecule has 2 aromatic carbocycles. The maximum Gasteiger partial charge on any atom is 0.313 e. The zero-order valence-electron chi connectivity index (χ0n) is 13.0. The monoisotopic (exact) mass is 331 g/mol. The lowest BCUT2D eigenvalue weighted by molar-refractivity contribution is -0.136. The van der Waals surface area contributed by atoms with Gasteiger partial charge in [0, 0.05) is 37.0 Å². The highest BCUT2D eigenvalue weighted by atomic mass is 35.5. The third-order valence-corrected chi connectivity index (χ3v) is 3.47. The molecule has 120 valence electrons. The van der Waals surface area contributed by atoms with Crippen LogP contribution in [-0.2, 0) is 16.1 Å². The largest absolute Gasteiger partial charge is 0.378 e. The molecule has 0 atom stereocenters. The van der Waals surface area contributed by atoms with Gasteiger partial charge in [-0.15, -0.1) is 0 Å². The summed E-state index contributed by atoms with van der Waals surface area (Å²) in [5, 5.41) is 5.75. The van der Waals surface area contributed by atoms with Crippen LogP contribution >= 0.6 is 11.6 Å². The van der Waals surface area contributed by atoms with E-state index in [0.717, 1.165) is 11.3 Å². The molecule has 5 nitrogen and oxygen atoms in total. The Morgan fingerprint density at radius 2 is 1.57 bits per heavy atom. The van der Waals surface area contributed by atoms with Gasteiger partial charge in [0.15, 0.2) is 0 Å². The Morgan fingerprint density at radius 3 is 2.13 bits per heavy atom. The van der Waals surface area contributed by atoms with E-state index >= 15 is 0 Å². The van der Waals surface area contributed by atoms with Gasteiger partial charge in [0.05, 0.1) is 0 Å². The van der Waals surface area contributed by atoms with Crippen LogP contribution < -0.4 is 15.5 Å². The molecule has 0 aliphatic heterocycles. The standard InChI is InChI=1S/C17H18ClN3O2/c1-21(2)15-9-7-14(8-10-15)20-17(23)16(22)19-11-12-3-5-13(18)6-4-12/h3-10H,11H2,1-2H3,(H,19,22)(H,20,23). The summed E-state index contributed by atoms with van der Waals surface area (Å²) in [4.78, 5) is 25.6. The number of nitrogens with one attached hydrogen (secondary N) is 2. The molecule has 2 amide bonds. The lowest BCUT2D eigenvalue weighted by atomic mass is 10.2. The van der Waals surface area contributed by atoms with Crippen LogP contribution in [0.15, 0.2) is 48.5 Å². The van der Waals surface area contributed by atoms with E-state index < -0.39 is 11.8 Å². The molecule has 0 radical (unpaired) electrons. The molecule has 0 unspecified atom stereocenters. The van der Waals surface area contributed by atoms with E-state index in [2.05, 4.69) is 10.6 Å². The predicted molar refractivity (Wildman–Crippen MR) is 92.7 cm³/mol. The predicted octanol–water partition coefficient (Wildman–Crippen LogP) is 2.66. The van der Waals surface area contributed by atoms with E-state index in [0.29, 0.717) is 10.7 Å². The molecule has 0 bridgehead atoms. The van der Waals surface area contributed by atoms with E-state index in [4.69, 9.17) is 11.6 Å². The first-order valence-electron chi connectivity index (χ1n) is 7.07. The van der Waals surface area contributed by atoms with Crippen molar-refractivity contribution in [1.29, 1.82) is 0 Å². The molecule has 2 aromatic rings. The highest BCUT2D eigenvalue weighted by molar-refractivity contribution is 6.39. The molecule has 0 spiro atoms. The Labute approximate surface area is 140 Å². The van der Waals surface area contributed by atoms with Crippen molar-refractivity contribution in [3.63, 3.8) is 0 Å². The van der Waals surface area contributed by atoms with E-state index in [1.54, 1.807) is 36.4 Å². The first kappa shape index (κ1) is 16.8. The molecule has 0 aromatic heterocycles. The van der Waals surface area contributed by atoms with Crippen LogP contribution in [0.25, 0.3) is 0 Å². The van der Waals surface area contributed by atoms with Gasteiger partial charge < -0.3 is 15.5 Å². The minimum absolute atomic E-state index is 0.267. The van der Waals surface area contributed by atoms with Crippen LogP contribution in [0.1, 0.15) is 5.56 Å². The summed E-state index contributed by atoms with van der Waals surface area (Å²) < 4.78 is 0. The Morgan fingerprint density at radius 1 is 0.957 bits per heavy atom. The Kier molecular flexibility index (Phi) is 5.60. The first-order valence-corrected chi connectivity index (χ1v) is 7.44. The lowest BCUT2D eigenvalue weighted by Crippen LogP contribution is -2.34. The molecule has 23 heavy (non-hydrogen) atoms. The van der Waals surface area contributed by atoms with Gasteiger partial charge >= 0.3 is 11.8 Å². The second-order valence-electron chi connectivity index (χ2n) is 5.20. The van der Waals surface area contributed by atoms with Crippen LogP contribution in [0.3, 0.4) is 0 Å². The lowest BCUT2D eigenvalue weighted by Gasteiger charge is -2.13. The van der Waals surface area contributed by atoms with Crippen molar-refractivity contribution in [3.05, 3.63) is 59.1 Å². The second kappa shape index (κ2) is 7.65. The molecule has 0 heterocycles. The van der Waals surface area contributed by atoms with Gasteiger partial charge in [-0.25, -0.2) is 0 Å². The molecule has 0 fully saturated rings. The topological polar surface area (TPSA) is 61.4 Å². The summed E-state index contributed by atoms with van der Waals surface area (Å²) in [5.74, 6) is -1.38. The SMILES string of the molecule is CN(C)c1ccc(NC(=O)C(=O)NCc2ccc(Cl)cc2)cc1. The highest BCUT2D eigenvalue weighted by Gasteiger charge is 2.13. The van der Waals surface area contributed by atoms with Crippen LogP contribution in [0.4, 0.5) is 11.4 Å². The number of carbonyl (C=O) groups is 2. The summed E-state index contributed by atoms with van der Waals surface area (Å²) in [5.41, 5.74) is 2.45. The quantitative estimate of drug-likeness (QED) is 0.847. The third-order valence-electron chi connectivity index (χ3n) is 3.21. The summed E-state index contributed by atoms with van der Waals surface area (Å²) in [7, 11) is 3.86. The number of nitrogens with zero attached hydrogens (tertiary/aromatic N) is 1. The minimum atomic E-state index is -0.698. The Bertz CT molecular complexity index is 682. The number of benzene rings is 2. The fourth-order valence-electron chi connectivity index (χ4n) is 1.90. The average molecular weight is 332 g/mol. The third kappa shape index (κ3) is 5.00. The number of amides is 2. The van der Waals surface area contributed by atoms with Gasteiger partial charge in [0.1, 0.15) is 0 Å². The van der Waals surface area contributed by atoms with E-state index in [9.17, 15) is 9.59 Å². The Hall–Kier alpha value is -2.53. The molecule has 0 saturated heterocycles. The maximum absolute atomic E-state index is 11.9. The molecular weight excluding hydrogens is 314 g/mol. The van der Waals surface area contributed by atoms with Gasteiger partial charge in [-0.05, 0) is 42.0 Å². The highest BCUT2D eigenvalue weighted by Crippen LogP contribution is 2.15. The van der Waals surface area contributed by atoms with Crippen molar-refractivity contribution in [1.82, 2.24) is 5.32 Å². The first-order chi connectivity index (χ1) is 11.0. The minimum Gasteiger partial charge on any atom is -0.378 e. The van der Waals surface area contributed by atoms with Gasteiger partial charge in [0.2, 0.25) is 0 Å². The molecule has 2 rings (SSSR count). The maximum atomic E-state index is 11.9. The van der Waals surface area contributed by atoms with Crippen molar-refractivity contribution in [2.24, 2.45) is 0 Å². The van der Waals surface area contributed by atoms with Gasteiger partial charge in [-0.1, -0.05) is 23.7 Å². The fraction of sp³-hybridized carbons (Fsp3) is 0.176. The number of hydrogen-bond donors (Lipinski definition) is 2. The van der Waals surface area contributed by atoms with Gasteiger partial charge in [0.25, 0.3) is 0 Å². The molecule has 0 aliphatic carbocycles. The number of hydrogen-bond acceptors (Lipinski definition) is 3. The van der Waals surface area contributed by atoms with E-state index in [-0.39, 0.29) is 6.54 Å². The molecule has 6 heteroatoms. The van der Waals surface area contributed by atoms with Gasteiger partial charge in [-0.3, -0.25) is 9.59 Å². The molecule has 0 saturated carbocycles. The number of halogens is 1. The van der Waals surface area contributed by atoms with E-state index in [1.165, 1.54) is 0 Å². The van der Waals surface area contributed by atoms with Crippen LogP contribution in [0, 0.1) is 0 Å². The van der Waals surface area contributed by atoms with Crippen molar-refractivity contribution in [3.8, 4) is 0 Å². The van der Waals surface area contributed by atoms with E-state index in [1.807, 2.05) is 31.1 Å².